The van der Waals surface area contributed by atoms with Gasteiger partial charge >= 0.3 is 6.18 Å². The number of fused-ring (bicyclic) bond motifs is 1. The Morgan fingerprint density at radius 1 is 1.14 bits per heavy atom. The van der Waals surface area contributed by atoms with Gasteiger partial charge in [0, 0.05) is 25.6 Å². The molecule has 28 heavy (non-hydrogen) atoms. The summed E-state index contributed by atoms with van der Waals surface area (Å²) in [6.07, 6.45) is -2.31. The van der Waals surface area contributed by atoms with Crippen LogP contribution in [0.15, 0.2) is 24.3 Å². The summed E-state index contributed by atoms with van der Waals surface area (Å²) in [6, 6.07) is 6.92. The first-order valence-electron chi connectivity index (χ1n) is 9.61. The van der Waals surface area contributed by atoms with E-state index < -0.39 is 12.8 Å². The monoisotopic (exact) mass is 395 g/mol. The van der Waals surface area contributed by atoms with E-state index in [0.29, 0.717) is 12.5 Å². The molecule has 3 heterocycles. The fourth-order valence-electron chi connectivity index (χ4n) is 3.92. The number of likely N-dealkylation sites (tertiary alicyclic amines) is 1. The Labute approximate surface area is 161 Å². The van der Waals surface area contributed by atoms with E-state index in [1.807, 2.05) is 6.07 Å². The molecule has 0 aliphatic carbocycles. The van der Waals surface area contributed by atoms with Crippen molar-refractivity contribution in [2.75, 3.05) is 26.2 Å². The molecular formula is C19H24F3N5O. The molecular weight excluding hydrogens is 371 g/mol. The number of halogens is 3. The van der Waals surface area contributed by atoms with Crippen LogP contribution in [0, 0.1) is 0 Å². The molecule has 4 rings (SSSR count). The molecule has 152 valence electrons. The summed E-state index contributed by atoms with van der Waals surface area (Å²) in [6.45, 7) is 3.94. The van der Waals surface area contributed by atoms with Gasteiger partial charge in [0.15, 0.2) is 6.61 Å². The first-order valence-corrected chi connectivity index (χ1v) is 9.61. The summed E-state index contributed by atoms with van der Waals surface area (Å²) in [7, 11) is 0. The summed E-state index contributed by atoms with van der Waals surface area (Å²) < 4.78 is 44.1. The van der Waals surface area contributed by atoms with E-state index in [9.17, 15) is 13.2 Å². The lowest BCUT2D eigenvalue weighted by atomic mass is 9.95. The van der Waals surface area contributed by atoms with Crippen LogP contribution >= 0.6 is 0 Å². The molecule has 1 aromatic heterocycles. The van der Waals surface area contributed by atoms with Gasteiger partial charge < -0.3 is 14.6 Å². The van der Waals surface area contributed by atoms with Crippen molar-refractivity contribution in [3.63, 3.8) is 0 Å². The number of aromatic nitrogens is 3. The third-order valence-corrected chi connectivity index (χ3v) is 5.31. The number of piperidine rings is 1. The highest BCUT2D eigenvalue weighted by atomic mass is 19.4. The van der Waals surface area contributed by atoms with Gasteiger partial charge in [0.25, 0.3) is 0 Å². The molecule has 0 radical (unpaired) electrons. The number of benzene rings is 1. The van der Waals surface area contributed by atoms with E-state index in [1.165, 1.54) is 0 Å². The van der Waals surface area contributed by atoms with Crippen molar-refractivity contribution in [1.82, 2.24) is 25.0 Å². The maximum absolute atomic E-state index is 12.3. The number of alkyl halides is 3. The highest BCUT2D eigenvalue weighted by molar-refractivity contribution is 5.28. The van der Waals surface area contributed by atoms with E-state index in [2.05, 4.69) is 25.0 Å². The lowest BCUT2D eigenvalue weighted by Crippen LogP contribution is -2.34. The van der Waals surface area contributed by atoms with Gasteiger partial charge in [0.2, 0.25) is 0 Å². The average Bonchev–Trinajstić information content (AvgIpc) is 3.11. The van der Waals surface area contributed by atoms with E-state index in [-0.39, 0.29) is 5.75 Å². The minimum atomic E-state index is -4.32. The van der Waals surface area contributed by atoms with Crippen molar-refractivity contribution in [3.05, 3.63) is 41.5 Å². The van der Waals surface area contributed by atoms with Crippen LogP contribution in [0.3, 0.4) is 0 Å². The normalized spacial score (nSPS) is 18.8. The van der Waals surface area contributed by atoms with Crippen LogP contribution in [0.25, 0.3) is 0 Å². The van der Waals surface area contributed by atoms with Gasteiger partial charge in [-0.15, -0.1) is 10.2 Å². The molecule has 0 atom stereocenters. The van der Waals surface area contributed by atoms with E-state index >= 15 is 0 Å². The number of nitrogens with zero attached hydrogens (tertiary/aromatic N) is 4. The largest absolute Gasteiger partial charge is 0.484 e. The second kappa shape index (κ2) is 8.08. The van der Waals surface area contributed by atoms with Gasteiger partial charge in [0.05, 0.1) is 6.54 Å². The van der Waals surface area contributed by atoms with Crippen LogP contribution in [0.2, 0.25) is 0 Å². The zero-order valence-electron chi connectivity index (χ0n) is 15.6. The number of ether oxygens (including phenoxy) is 1. The zero-order valence-corrected chi connectivity index (χ0v) is 15.6. The third-order valence-electron chi connectivity index (χ3n) is 5.31. The highest BCUT2D eigenvalue weighted by Gasteiger charge is 2.29. The van der Waals surface area contributed by atoms with Crippen molar-refractivity contribution in [3.8, 4) is 5.75 Å². The van der Waals surface area contributed by atoms with Crippen molar-refractivity contribution >= 4 is 0 Å². The number of hydrogen-bond acceptors (Lipinski definition) is 5. The summed E-state index contributed by atoms with van der Waals surface area (Å²) in [4.78, 5) is 2.33. The van der Waals surface area contributed by atoms with Gasteiger partial charge in [-0.3, -0.25) is 4.90 Å². The Morgan fingerprint density at radius 2 is 1.96 bits per heavy atom. The molecule has 0 unspecified atom stereocenters. The maximum Gasteiger partial charge on any atom is 0.422 e. The predicted octanol–water partition coefficient (Wildman–Crippen LogP) is 2.70. The SMILES string of the molecule is FC(F)(F)COc1cccc(CN2CCC(c3nnc4n3CCNC4)CC2)c1. The van der Waals surface area contributed by atoms with Crippen molar-refractivity contribution in [2.24, 2.45) is 0 Å². The number of hydrogen-bond donors (Lipinski definition) is 1. The average molecular weight is 395 g/mol. The molecule has 1 N–H and O–H groups in total. The van der Waals surface area contributed by atoms with Crippen LogP contribution in [-0.4, -0.2) is 52.1 Å². The van der Waals surface area contributed by atoms with Crippen LogP contribution in [-0.2, 0) is 19.6 Å². The van der Waals surface area contributed by atoms with Crippen LogP contribution in [0.1, 0.15) is 36.0 Å². The minimum Gasteiger partial charge on any atom is -0.484 e. The summed E-state index contributed by atoms with van der Waals surface area (Å²) in [5.74, 6) is 2.78. The standard InChI is InChI=1S/C19H24F3N5O/c20-19(21,22)13-28-16-3-1-2-14(10-16)12-26-7-4-15(5-8-26)18-25-24-17-11-23-6-9-27(17)18/h1-3,10,15,23H,4-9,11-13H2. The smallest absolute Gasteiger partial charge is 0.422 e. The fourth-order valence-corrected chi connectivity index (χ4v) is 3.92. The molecule has 6 nitrogen and oxygen atoms in total. The van der Waals surface area contributed by atoms with Gasteiger partial charge in [-0.05, 0) is 43.6 Å². The molecule has 1 aromatic carbocycles. The van der Waals surface area contributed by atoms with E-state index in [4.69, 9.17) is 4.74 Å². The molecule has 2 aliphatic heterocycles. The van der Waals surface area contributed by atoms with Crippen LogP contribution in [0.5, 0.6) is 5.75 Å². The molecule has 0 amide bonds. The summed E-state index contributed by atoms with van der Waals surface area (Å²) in [5.41, 5.74) is 0.962. The lowest BCUT2D eigenvalue weighted by Gasteiger charge is -2.32. The Balaban J connectivity index is 1.32. The minimum absolute atomic E-state index is 0.258. The van der Waals surface area contributed by atoms with Crippen molar-refractivity contribution in [2.45, 2.75) is 44.6 Å². The van der Waals surface area contributed by atoms with Gasteiger partial charge in [-0.25, -0.2) is 0 Å². The van der Waals surface area contributed by atoms with Gasteiger partial charge in [-0.2, -0.15) is 13.2 Å². The predicted molar refractivity (Wildman–Crippen MR) is 97.0 cm³/mol. The fraction of sp³-hybridized carbons (Fsp3) is 0.579. The molecule has 1 saturated heterocycles. The number of rotatable bonds is 5. The number of nitrogens with one attached hydrogen (secondary N) is 1. The maximum atomic E-state index is 12.3. The first-order chi connectivity index (χ1) is 13.5. The Kier molecular flexibility index (Phi) is 5.54. The van der Waals surface area contributed by atoms with Crippen molar-refractivity contribution in [1.29, 1.82) is 0 Å². The molecule has 0 bridgehead atoms. The quantitative estimate of drug-likeness (QED) is 0.844. The molecule has 2 aromatic rings. The van der Waals surface area contributed by atoms with Crippen LogP contribution in [0.4, 0.5) is 13.2 Å². The van der Waals surface area contributed by atoms with Crippen LogP contribution < -0.4 is 10.1 Å². The molecule has 2 aliphatic rings. The van der Waals surface area contributed by atoms with Gasteiger partial charge in [0.1, 0.15) is 17.4 Å². The second-order valence-electron chi connectivity index (χ2n) is 7.40. The first kappa shape index (κ1) is 19.2. The highest BCUT2D eigenvalue weighted by Crippen LogP contribution is 2.29. The third kappa shape index (κ3) is 4.64. The summed E-state index contributed by atoms with van der Waals surface area (Å²) >= 11 is 0. The Morgan fingerprint density at radius 3 is 2.75 bits per heavy atom. The molecule has 9 heteroatoms. The van der Waals surface area contributed by atoms with Crippen molar-refractivity contribution < 1.29 is 17.9 Å². The lowest BCUT2D eigenvalue weighted by molar-refractivity contribution is -0.153. The molecule has 0 spiro atoms. The summed E-state index contributed by atoms with van der Waals surface area (Å²) in [5, 5.41) is 12.0. The second-order valence-corrected chi connectivity index (χ2v) is 7.40. The topological polar surface area (TPSA) is 55.2 Å². The van der Waals surface area contributed by atoms with Gasteiger partial charge in [-0.1, -0.05) is 12.1 Å². The zero-order chi connectivity index (χ0) is 19.6. The molecule has 0 saturated carbocycles. The van der Waals surface area contributed by atoms with E-state index in [0.717, 1.165) is 62.8 Å². The Hall–Kier alpha value is -2.13. The molecule has 1 fully saturated rings. The van der Waals surface area contributed by atoms with E-state index in [1.54, 1.807) is 18.2 Å². The Bertz CT molecular complexity index is 799.